The Bertz CT molecular complexity index is 498. The van der Waals surface area contributed by atoms with Crippen LogP contribution < -0.4 is 11.1 Å². The summed E-state index contributed by atoms with van der Waals surface area (Å²) in [5, 5.41) is 3.46. The van der Waals surface area contributed by atoms with Gasteiger partial charge >= 0.3 is 0 Å². The average molecular weight is 256 g/mol. The Kier molecular flexibility index (Phi) is 3.21. The predicted octanol–water partition coefficient (Wildman–Crippen LogP) is 2.09. The van der Waals surface area contributed by atoms with Crippen molar-refractivity contribution in [3.8, 4) is 0 Å². The smallest absolute Gasteiger partial charge is 0.150 e. The molecule has 0 amide bonds. The van der Waals surface area contributed by atoms with Crippen LogP contribution in [0.1, 0.15) is 10.6 Å². The van der Waals surface area contributed by atoms with Gasteiger partial charge in [0.15, 0.2) is 5.82 Å². The number of aryl methyl sites for hydroxylation is 1. The van der Waals surface area contributed by atoms with Gasteiger partial charge in [-0.1, -0.05) is 11.6 Å². The van der Waals surface area contributed by atoms with Crippen molar-refractivity contribution >= 4 is 34.6 Å². The molecule has 84 valence electrons. The van der Waals surface area contributed by atoms with Gasteiger partial charge in [0.2, 0.25) is 0 Å². The normalized spacial score (nSPS) is 10.4. The molecule has 3 N–H and O–H groups in total. The quantitative estimate of drug-likeness (QED) is 0.878. The molecule has 0 bridgehead atoms. The van der Waals surface area contributed by atoms with E-state index in [9.17, 15) is 0 Å². The molecule has 0 aliphatic carbocycles. The largest absolute Gasteiger partial charge is 0.382 e. The Morgan fingerprint density at radius 2 is 2.25 bits per heavy atom. The molecule has 0 aliphatic heterocycles. The first-order valence-electron chi connectivity index (χ1n) is 4.57. The van der Waals surface area contributed by atoms with E-state index in [0.717, 1.165) is 10.6 Å². The first kappa shape index (κ1) is 11.1. The molecule has 0 saturated heterocycles. The summed E-state index contributed by atoms with van der Waals surface area (Å²) in [5.41, 5.74) is 8.38. The molecule has 2 rings (SSSR count). The zero-order chi connectivity index (χ0) is 11.5. The highest BCUT2D eigenvalue weighted by atomic mass is 35.5. The minimum absolute atomic E-state index is 0.278. The fourth-order valence-electron chi connectivity index (χ4n) is 1.17. The molecule has 2 aromatic heterocycles. The minimum Gasteiger partial charge on any atom is -0.382 e. The fraction of sp³-hybridized carbons (Fsp3) is 0.222. The lowest BCUT2D eigenvalue weighted by Crippen LogP contribution is -2.04. The zero-order valence-corrected chi connectivity index (χ0v) is 10.1. The van der Waals surface area contributed by atoms with Gasteiger partial charge < -0.3 is 11.1 Å². The number of halogens is 1. The number of hydrogen-bond acceptors (Lipinski definition) is 6. The Morgan fingerprint density at radius 1 is 1.44 bits per heavy atom. The summed E-state index contributed by atoms with van der Waals surface area (Å²) < 4.78 is 0. The van der Waals surface area contributed by atoms with E-state index in [2.05, 4.69) is 20.3 Å². The van der Waals surface area contributed by atoms with Gasteiger partial charge in [0.1, 0.15) is 17.2 Å². The van der Waals surface area contributed by atoms with Gasteiger partial charge in [-0.3, -0.25) is 0 Å². The Labute approximate surface area is 102 Å². The summed E-state index contributed by atoms with van der Waals surface area (Å²) in [7, 11) is 0. The summed E-state index contributed by atoms with van der Waals surface area (Å²) in [6.45, 7) is 2.59. The molecule has 0 aliphatic rings. The molecule has 0 aromatic carbocycles. The van der Waals surface area contributed by atoms with Crippen molar-refractivity contribution in [3.63, 3.8) is 0 Å². The number of thiazole rings is 1. The molecule has 2 aromatic rings. The lowest BCUT2D eigenvalue weighted by Gasteiger charge is -2.06. The van der Waals surface area contributed by atoms with E-state index in [-0.39, 0.29) is 5.82 Å². The van der Waals surface area contributed by atoms with Crippen LogP contribution in [-0.2, 0) is 6.54 Å². The summed E-state index contributed by atoms with van der Waals surface area (Å²) in [5.74, 6) is 0.821. The first-order valence-corrected chi connectivity index (χ1v) is 5.83. The van der Waals surface area contributed by atoms with E-state index in [0.29, 0.717) is 17.4 Å². The standard InChI is InChI=1S/C9H10ClN5S/c1-5-6(16-4-15-5)2-12-9-7(10)8(11)13-3-14-9/h3-4H,2H2,1H3,(H3,11,12,13,14). The van der Waals surface area contributed by atoms with Crippen LogP contribution >= 0.6 is 22.9 Å². The Balaban J connectivity index is 2.11. The van der Waals surface area contributed by atoms with Crippen LogP contribution in [0.2, 0.25) is 5.02 Å². The molecule has 7 heteroatoms. The number of nitrogens with one attached hydrogen (secondary N) is 1. The number of nitrogens with two attached hydrogens (primary N) is 1. The molecule has 0 unspecified atom stereocenters. The van der Waals surface area contributed by atoms with Crippen molar-refractivity contribution in [1.82, 2.24) is 15.0 Å². The van der Waals surface area contributed by atoms with Crippen molar-refractivity contribution in [2.75, 3.05) is 11.1 Å². The molecule has 0 saturated carbocycles. The van der Waals surface area contributed by atoms with Crippen molar-refractivity contribution in [2.24, 2.45) is 0 Å². The summed E-state index contributed by atoms with van der Waals surface area (Å²) in [6, 6.07) is 0. The van der Waals surface area contributed by atoms with Crippen molar-refractivity contribution < 1.29 is 0 Å². The van der Waals surface area contributed by atoms with E-state index >= 15 is 0 Å². The molecular formula is C9H10ClN5S. The predicted molar refractivity (Wildman–Crippen MR) is 65.6 cm³/mol. The molecular weight excluding hydrogens is 246 g/mol. The van der Waals surface area contributed by atoms with Crippen LogP contribution in [0.25, 0.3) is 0 Å². The highest BCUT2D eigenvalue weighted by Crippen LogP contribution is 2.24. The average Bonchev–Trinajstić information content (AvgIpc) is 2.67. The van der Waals surface area contributed by atoms with Gasteiger partial charge in [0.25, 0.3) is 0 Å². The van der Waals surface area contributed by atoms with Crippen molar-refractivity contribution in [1.29, 1.82) is 0 Å². The van der Waals surface area contributed by atoms with E-state index in [1.54, 1.807) is 11.3 Å². The van der Waals surface area contributed by atoms with Crippen LogP contribution in [0, 0.1) is 6.92 Å². The van der Waals surface area contributed by atoms with Crippen molar-refractivity contribution in [3.05, 3.63) is 27.4 Å². The molecule has 0 radical (unpaired) electrons. The maximum absolute atomic E-state index is 5.95. The summed E-state index contributed by atoms with van der Waals surface area (Å²) in [6.07, 6.45) is 1.38. The first-order chi connectivity index (χ1) is 7.68. The van der Waals surface area contributed by atoms with E-state index in [1.165, 1.54) is 6.33 Å². The van der Waals surface area contributed by atoms with E-state index in [1.807, 2.05) is 12.4 Å². The number of rotatable bonds is 3. The Morgan fingerprint density at radius 3 is 2.94 bits per heavy atom. The van der Waals surface area contributed by atoms with Crippen LogP contribution in [0.3, 0.4) is 0 Å². The minimum atomic E-state index is 0.278. The zero-order valence-electron chi connectivity index (χ0n) is 8.57. The lowest BCUT2D eigenvalue weighted by molar-refractivity contribution is 1.08. The number of aromatic nitrogens is 3. The van der Waals surface area contributed by atoms with Gasteiger partial charge in [-0.15, -0.1) is 11.3 Å². The van der Waals surface area contributed by atoms with Crippen LogP contribution in [0.4, 0.5) is 11.6 Å². The Hall–Kier alpha value is -1.40. The number of nitrogen functional groups attached to an aromatic ring is 1. The maximum Gasteiger partial charge on any atom is 0.150 e. The van der Waals surface area contributed by atoms with Gasteiger partial charge in [-0.2, -0.15) is 0 Å². The van der Waals surface area contributed by atoms with E-state index in [4.69, 9.17) is 17.3 Å². The SMILES string of the molecule is Cc1ncsc1CNc1ncnc(N)c1Cl. The fourth-order valence-corrected chi connectivity index (χ4v) is 2.05. The van der Waals surface area contributed by atoms with Crippen LogP contribution in [0.15, 0.2) is 11.8 Å². The second-order valence-corrected chi connectivity index (χ2v) is 4.45. The van der Waals surface area contributed by atoms with Gasteiger partial charge in [-0.05, 0) is 6.92 Å². The number of nitrogens with zero attached hydrogens (tertiary/aromatic N) is 3. The maximum atomic E-state index is 5.95. The summed E-state index contributed by atoms with van der Waals surface area (Å²) in [4.78, 5) is 13.1. The van der Waals surface area contributed by atoms with Crippen molar-refractivity contribution in [2.45, 2.75) is 13.5 Å². The molecule has 0 fully saturated rings. The number of anilines is 2. The number of hydrogen-bond donors (Lipinski definition) is 2. The van der Waals surface area contributed by atoms with E-state index < -0.39 is 0 Å². The second kappa shape index (κ2) is 4.63. The molecule has 0 spiro atoms. The van der Waals surface area contributed by atoms with Gasteiger partial charge in [0.05, 0.1) is 17.7 Å². The molecule has 16 heavy (non-hydrogen) atoms. The third kappa shape index (κ3) is 2.23. The third-order valence-electron chi connectivity index (χ3n) is 2.08. The van der Waals surface area contributed by atoms with Crippen LogP contribution in [-0.4, -0.2) is 15.0 Å². The second-order valence-electron chi connectivity index (χ2n) is 3.14. The summed E-state index contributed by atoms with van der Waals surface area (Å²) >= 11 is 7.54. The molecule has 5 nitrogen and oxygen atoms in total. The molecule has 2 heterocycles. The monoisotopic (exact) mass is 255 g/mol. The molecule has 0 atom stereocenters. The van der Waals surface area contributed by atoms with Gasteiger partial charge in [-0.25, -0.2) is 15.0 Å². The topological polar surface area (TPSA) is 76.7 Å². The lowest BCUT2D eigenvalue weighted by atomic mass is 10.4. The van der Waals surface area contributed by atoms with Crippen LogP contribution in [0.5, 0.6) is 0 Å². The highest BCUT2D eigenvalue weighted by molar-refractivity contribution is 7.09. The van der Waals surface area contributed by atoms with Gasteiger partial charge in [0, 0.05) is 4.88 Å². The highest BCUT2D eigenvalue weighted by Gasteiger charge is 2.07. The third-order valence-corrected chi connectivity index (χ3v) is 3.39.